The van der Waals surface area contributed by atoms with E-state index in [4.69, 9.17) is 35.9 Å². The van der Waals surface area contributed by atoms with Crippen LogP contribution in [0.15, 0.2) is 58.3 Å². The summed E-state index contributed by atoms with van der Waals surface area (Å²) >= 11 is 2.66. The molecular weight excluding hydrogens is 921 g/mol. The molecule has 6 rings (SSSR count). The molecule has 0 spiro atoms. The molecule has 65 heavy (non-hydrogen) atoms. The highest BCUT2D eigenvalue weighted by atomic mass is 32.2. The van der Waals surface area contributed by atoms with Crippen LogP contribution in [0, 0.1) is 22.7 Å². The van der Waals surface area contributed by atoms with Crippen molar-refractivity contribution in [3.8, 4) is 12.1 Å². The zero-order chi connectivity index (χ0) is 48.7. The van der Waals surface area contributed by atoms with Crippen molar-refractivity contribution in [1.82, 2.24) is 9.80 Å². The maximum Gasteiger partial charge on any atom is 0.410 e. The van der Waals surface area contributed by atoms with Crippen molar-refractivity contribution in [3.63, 3.8) is 0 Å². The number of nitrogens with one attached hydrogen (secondary N) is 1. The number of hydrogen-bond donors (Lipinski definition) is 5. The molecule has 2 aliphatic rings. The Morgan fingerprint density at radius 1 is 0.708 bits per heavy atom. The van der Waals surface area contributed by atoms with Crippen LogP contribution < -0.4 is 21.3 Å². The average molecular weight is 971 g/mol. The Labute approximate surface area is 385 Å². The Balaban J connectivity index is 0.000000237. The zero-order valence-electron chi connectivity index (χ0n) is 36.5. The van der Waals surface area contributed by atoms with Crippen molar-refractivity contribution in [1.29, 1.82) is 10.5 Å². The van der Waals surface area contributed by atoms with Gasteiger partial charge < -0.3 is 35.4 Å². The van der Waals surface area contributed by atoms with Gasteiger partial charge in [-0.1, -0.05) is 24.3 Å². The number of carboxylic acid groups (broad SMARTS) is 1. The summed E-state index contributed by atoms with van der Waals surface area (Å²) in [6.45, 7) is 12.7. The smallest absolute Gasteiger partial charge is 0.410 e. The molecule has 0 unspecified atom stereocenters. The third kappa shape index (κ3) is 15.0. The van der Waals surface area contributed by atoms with Crippen LogP contribution in [0.4, 0.5) is 19.6 Å². The highest BCUT2D eigenvalue weighted by molar-refractivity contribution is 7.89. The van der Waals surface area contributed by atoms with Crippen molar-refractivity contribution in [2.24, 2.45) is 10.3 Å². The van der Waals surface area contributed by atoms with Crippen LogP contribution in [-0.4, -0.2) is 80.1 Å². The van der Waals surface area contributed by atoms with Crippen molar-refractivity contribution in [3.05, 3.63) is 91.7 Å². The molecular formula is C42H50N8O11S4. The van der Waals surface area contributed by atoms with Gasteiger partial charge in [0.25, 0.3) is 0 Å². The van der Waals surface area contributed by atoms with E-state index in [1.807, 2.05) is 20.8 Å². The van der Waals surface area contributed by atoms with Crippen molar-refractivity contribution in [2.45, 2.75) is 101 Å². The first-order valence-corrected chi connectivity index (χ1v) is 24.4. The molecule has 8 N–H and O–H groups in total. The molecule has 348 valence electrons. The van der Waals surface area contributed by atoms with Gasteiger partial charge in [-0.2, -0.15) is 10.5 Å². The number of nitrogens with zero attached hydrogens (tertiary/aromatic N) is 4. The quantitative estimate of drug-likeness (QED) is 0.159. The fraction of sp³-hybridized carbons (Fsp3) is 0.381. The summed E-state index contributed by atoms with van der Waals surface area (Å²) in [6, 6.07) is 15.4. The first-order chi connectivity index (χ1) is 30.1. The molecule has 3 amide bonds. The molecule has 2 aliphatic heterocycles. The molecule has 0 bridgehead atoms. The number of benzene rings is 2. The number of nitriles is 2. The number of anilines is 2. The third-order valence-electron chi connectivity index (χ3n) is 9.14. The summed E-state index contributed by atoms with van der Waals surface area (Å²) in [4.78, 5) is 52.2. The Bertz CT molecular complexity index is 2740. The number of aliphatic carboxylic acids is 1. The summed E-state index contributed by atoms with van der Waals surface area (Å²) in [5.41, 5.74) is 8.66. The largest absolute Gasteiger partial charge is 0.481 e. The standard InChI is InChI=1S/C21H24N4O5S2.C13H17N3O2S.C8H9NO4S/c1-21(2,3)30-20(27)25-9-8-15-16(11-22)19(31-17(15)12-25)24-18(26)10-13-4-6-14(7-5-13)32(23,28)29;1-13(2,3)18-12(17)16-5-4-8-9(6-14)11(15)19-10(8)7-16;9-14(12,13)7-3-1-6(2-4-7)5-8(10)11/h4-7H,8-10,12H2,1-3H3,(H,24,26)(H2,23,28,29);4-5,7,15H2,1-3H3;1-4H,5H2,(H,10,11)(H2,9,12,13). The van der Waals surface area contributed by atoms with E-state index in [0.717, 1.165) is 20.9 Å². The van der Waals surface area contributed by atoms with Crippen LogP contribution in [0.25, 0.3) is 0 Å². The zero-order valence-corrected chi connectivity index (χ0v) is 39.7. The molecule has 0 saturated heterocycles. The molecule has 2 aromatic carbocycles. The first kappa shape index (κ1) is 51.6. The molecule has 0 radical (unpaired) electrons. The SMILES string of the molecule is CC(C)(C)OC(=O)N1CCc2c(sc(N)c2C#N)C1.CC(C)(C)OC(=O)N1CCc2c(sc(NC(=O)Cc3ccc(S(N)(=O)=O)cc3)c2C#N)C1.NS(=O)(=O)c1ccc(CC(=O)O)cc1. The number of thiophene rings is 2. The van der Waals surface area contributed by atoms with Gasteiger partial charge in [0.2, 0.25) is 26.0 Å². The minimum atomic E-state index is -3.80. The second-order valence-electron chi connectivity index (χ2n) is 16.7. The second-order valence-corrected chi connectivity index (χ2v) is 22.0. The van der Waals surface area contributed by atoms with Crippen molar-refractivity contribution in [2.75, 3.05) is 24.1 Å². The number of ether oxygens (including phenoxy) is 2. The van der Waals surface area contributed by atoms with Gasteiger partial charge >= 0.3 is 18.2 Å². The van der Waals surface area contributed by atoms with Crippen LogP contribution in [0.5, 0.6) is 0 Å². The number of hydrogen-bond acceptors (Lipinski definition) is 15. The fourth-order valence-corrected chi connectivity index (χ4v) is 9.59. The van der Waals surface area contributed by atoms with E-state index < -0.39 is 43.3 Å². The van der Waals surface area contributed by atoms with Crippen LogP contribution >= 0.6 is 22.7 Å². The topological polar surface area (TPSA) is 319 Å². The molecule has 4 aromatic rings. The van der Waals surface area contributed by atoms with E-state index in [0.29, 0.717) is 71.3 Å². The number of carboxylic acids is 1. The van der Waals surface area contributed by atoms with Gasteiger partial charge in [-0.25, -0.2) is 36.7 Å². The minimum absolute atomic E-state index is 0.00235. The maximum atomic E-state index is 12.5. The van der Waals surface area contributed by atoms with Crippen LogP contribution in [0.3, 0.4) is 0 Å². The Morgan fingerprint density at radius 3 is 1.49 bits per heavy atom. The van der Waals surface area contributed by atoms with E-state index >= 15 is 0 Å². The van der Waals surface area contributed by atoms with E-state index in [9.17, 15) is 41.3 Å². The summed E-state index contributed by atoms with van der Waals surface area (Å²) < 4.78 is 55.1. The molecule has 0 saturated carbocycles. The van der Waals surface area contributed by atoms with Gasteiger partial charge in [0.15, 0.2) is 0 Å². The molecule has 0 atom stereocenters. The number of carbonyl (C=O) groups is 4. The number of primary sulfonamides is 2. The molecule has 19 nitrogen and oxygen atoms in total. The predicted octanol–water partition coefficient (Wildman–Crippen LogP) is 5.20. The number of nitrogen functional groups attached to an aromatic ring is 1. The lowest BCUT2D eigenvalue weighted by Crippen LogP contribution is -2.39. The lowest BCUT2D eigenvalue weighted by atomic mass is 10.0. The number of nitrogens with two attached hydrogens (primary N) is 3. The minimum Gasteiger partial charge on any atom is -0.481 e. The van der Waals surface area contributed by atoms with E-state index in [2.05, 4.69) is 17.5 Å². The van der Waals surface area contributed by atoms with E-state index in [1.165, 1.54) is 71.2 Å². The number of fused-ring (bicyclic) bond motifs is 2. The number of carbonyl (C=O) groups excluding carboxylic acids is 3. The van der Waals surface area contributed by atoms with Crippen LogP contribution in [0.2, 0.25) is 0 Å². The number of rotatable bonds is 7. The van der Waals surface area contributed by atoms with Gasteiger partial charge in [0, 0.05) is 22.8 Å². The second kappa shape index (κ2) is 20.8. The molecule has 2 aromatic heterocycles. The van der Waals surface area contributed by atoms with Gasteiger partial charge in [0.05, 0.1) is 46.8 Å². The summed E-state index contributed by atoms with van der Waals surface area (Å²) in [6.07, 6.45) is 0.296. The van der Waals surface area contributed by atoms with Gasteiger partial charge in [-0.05, 0) is 101 Å². The van der Waals surface area contributed by atoms with Crippen LogP contribution in [-0.2, 0) is 77.9 Å². The van der Waals surface area contributed by atoms with Crippen molar-refractivity contribution < 1.29 is 50.6 Å². The first-order valence-electron chi connectivity index (χ1n) is 19.6. The Morgan fingerprint density at radius 2 is 1.11 bits per heavy atom. The lowest BCUT2D eigenvalue weighted by molar-refractivity contribution is -0.136. The van der Waals surface area contributed by atoms with Crippen LogP contribution in [0.1, 0.15) is 84.7 Å². The summed E-state index contributed by atoms with van der Waals surface area (Å²) in [5.74, 6) is -1.30. The highest BCUT2D eigenvalue weighted by Crippen LogP contribution is 2.37. The molecule has 0 aliphatic carbocycles. The van der Waals surface area contributed by atoms with E-state index in [1.54, 1.807) is 30.6 Å². The predicted molar refractivity (Wildman–Crippen MR) is 242 cm³/mol. The third-order valence-corrected chi connectivity index (χ3v) is 13.2. The van der Waals surface area contributed by atoms with Gasteiger partial charge in [-0.15, -0.1) is 22.7 Å². The maximum absolute atomic E-state index is 12.5. The molecule has 4 heterocycles. The Kier molecular flexibility index (Phi) is 16.5. The summed E-state index contributed by atoms with van der Waals surface area (Å²) in [7, 11) is -7.50. The summed E-state index contributed by atoms with van der Waals surface area (Å²) in [5, 5.41) is 40.8. The van der Waals surface area contributed by atoms with Gasteiger partial charge in [0.1, 0.15) is 33.3 Å². The molecule has 0 fully saturated rings. The average Bonchev–Trinajstić information content (AvgIpc) is 3.70. The highest BCUT2D eigenvalue weighted by Gasteiger charge is 2.31. The fourth-order valence-electron chi connectivity index (χ4n) is 6.25. The van der Waals surface area contributed by atoms with Gasteiger partial charge in [-0.3, -0.25) is 9.59 Å². The van der Waals surface area contributed by atoms with E-state index in [-0.39, 0.29) is 34.6 Å². The number of sulfonamides is 2. The lowest BCUT2D eigenvalue weighted by Gasteiger charge is -2.29. The monoisotopic (exact) mass is 970 g/mol. The van der Waals surface area contributed by atoms with Crippen molar-refractivity contribution >= 4 is 76.8 Å². The normalized spacial score (nSPS) is 13.5. The number of amides is 3. The Hall–Kier alpha value is -6.08. The molecule has 23 heteroatoms.